The molecular weight excluding hydrogens is 381 g/mol. The van der Waals surface area contributed by atoms with Crippen LogP contribution < -0.4 is 0 Å². The van der Waals surface area contributed by atoms with E-state index in [1.807, 2.05) is 0 Å². The Bertz CT molecular complexity index is 651. The minimum Gasteiger partial charge on any atom is -0.466 e. The summed E-state index contributed by atoms with van der Waals surface area (Å²) in [5, 5.41) is 0.753. The Morgan fingerprint density at radius 1 is 1.12 bits per heavy atom. The van der Waals surface area contributed by atoms with Gasteiger partial charge < -0.3 is 14.4 Å². The molecule has 8 heteroatoms. The van der Waals surface area contributed by atoms with Gasteiger partial charge in [-0.3, -0.25) is 14.4 Å². The highest BCUT2D eigenvalue weighted by Gasteiger charge is 2.28. The zero-order valence-corrected chi connectivity index (χ0v) is 16.0. The molecule has 0 unspecified atom stereocenters. The molecule has 0 radical (unpaired) electrons. The molecule has 0 aliphatic carbocycles. The first-order chi connectivity index (χ1) is 12.4. The highest BCUT2D eigenvalue weighted by Crippen LogP contribution is 2.25. The quantitative estimate of drug-likeness (QED) is 0.685. The first-order valence-electron chi connectivity index (χ1n) is 8.45. The number of carbonyl (C=O) groups excluding carboxylic acids is 3. The monoisotopic (exact) mass is 401 g/mol. The maximum absolute atomic E-state index is 12.2. The summed E-state index contributed by atoms with van der Waals surface area (Å²) in [5.74, 6) is -1.26. The van der Waals surface area contributed by atoms with Gasteiger partial charge in [-0.05, 0) is 31.9 Å². The minimum absolute atomic E-state index is 0.100. The lowest BCUT2D eigenvalue weighted by Crippen LogP contribution is -2.42. The predicted molar refractivity (Wildman–Crippen MR) is 97.1 cm³/mol. The third-order valence-electron chi connectivity index (χ3n) is 4.21. The number of rotatable bonds is 6. The molecule has 6 nitrogen and oxygen atoms in total. The molecule has 1 aromatic rings. The van der Waals surface area contributed by atoms with Gasteiger partial charge in [0.05, 0.1) is 18.9 Å². The Labute approximate surface area is 162 Å². The lowest BCUT2D eigenvalue weighted by Gasteiger charge is -2.30. The summed E-state index contributed by atoms with van der Waals surface area (Å²) in [6.45, 7) is 2.65. The van der Waals surface area contributed by atoms with E-state index in [0.29, 0.717) is 48.1 Å². The standard InChI is InChI=1S/C18H21Cl2NO5/c1-2-25-18(24)12-6-8-21(9-7-12)16(22)11-26-17(23)10-13-14(19)4-3-5-15(13)20/h3-5,12H,2,6-11H2,1H3. The van der Waals surface area contributed by atoms with Crippen molar-refractivity contribution in [3.05, 3.63) is 33.8 Å². The highest BCUT2D eigenvalue weighted by molar-refractivity contribution is 6.36. The van der Waals surface area contributed by atoms with Gasteiger partial charge in [-0.15, -0.1) is 0 Å². The number of halogens is 2. The Morgan fingerprint density at radius 2 is 1.73 bits per heavy atom. The zero-order chi connectivity index (χ0) is 19.1. The summed E-state index contributed by atoms with van der Waals surface area (Å²) in [7, 11) is 0. The zero-order valence-electron chi connectivity index (χ0n) is 14.5. The number of benzene rings is 1. The second kappa shape index (κ2) is 9.78. The molecule has 0 spiro atoms. The molecule has 1 amide bonds. The number of hydrogen-bond donors (Lipinski definition) is 0. The molecule has 0 N–H and O–H groups in total. The fourth-order valence-electron chi connectivity index (χ4n) is 2.75. The largest absolute Gasteiger partial charge is 0.466 e. The summed E-state index contributed by atoms with van der Waals surface area (Å²) in [5.41, 5.74) is 0.475. The molecule has 1 saturated heterocycles. The summed E-state index contributed by atoms with van der Waals surface area (Å²) in [6.07, 6.45) is 0.998. The lowest BCUT2D eigenvalue weighted by atomic mass is 9.97. The van der Waals surface area contributed by atoms with E-state index < -0.39 is 5.97 Å². The summed E-state index contributed by atoms with van der Waals surface area (Å²) < 4.78 is 10.0. The molecule has 2 rings (SSSR count). The number of piperidine rings is 1. The minimum atomic E-state index is -0.574. The van der Waals surface area contributed by atoms with Gasteiger partial charge in [0, 0.05) is 28.7 Å². The number of ether oxygens (including phenoxy) is 2. The van der Waals surface area contributed by atoms with Gasteiger partial charge in [-0.25, -0.2) is 0 Å². The van der Waals surface area contributed by atoms with Crippen LogP contribution in [0.1, 0.15) is 25.3 Å². The van der Waals surface area contributed by atoms with Crippen molar-refractivity contribution in [2.75, 3.05) is 26.3 Å². The second-order valence-corrected chi connectivity index (χ2v) is 6.76. The topological polar surface area (TPSA) is 72.9 Å². The second-order valence-electron chi connectivity index (χ2n) is 5.94. The molecule has 142 valence electrons. The van der Waals surface area contributed by atoms with Crippen molar-refractivity contribution in [2.45, 2.75) is 26.2 Å². The van der Waals surface area contributed by atoms with E-state index in [0.717, 1.165) is 0 Å². The highest BCUT2D eigenvalue weighted by atomic mass is 35.5. The van der Waals surface area contributed by atoms with Crippen LogP contribution in [-0.4, -0.2) is 49.0 Å². The summed E-state index contributed by atoms with van der Waals surface area (Å²) in [4.78, 5) is 37.4. The summed E-state index contributed by atoms with van der Waals surface area (Å²) in [6, 6.07) is 4.95. The molecule has 0 saturated carbocycles. The van der Waals surface area contributed by atoms with Crippen LogP contribution in [0.2, 0.25) is 10.0 Å². The van der Waals surface area contributed by atoms with Crippen molar-refractivity contribution in [1.29, 1.82) is 0 Å². The predicted octanol–water partition coefficient (Wildman–Crippen LogP) is 2.88. The van der Waals surface area contributed by atoms with Crippen LogP contribution in [0.4, 0.5) is 0 Å². The van der Waals surface area contributed by atoms with Gasteiger partial charge in [-0.1, -0.05) is 29.3 Å². The molecular formula is C18H21Cl2NO5. The molecule has 0 atom stereocenters. The number of nitrogens with zero attached hydrogens (tertiary/aromatic N) is 1. The van der Waals surface area contributed by atoms with Crippen molar-refractivity contribution >= 4 is 41.0 Å². The number of esters is 2. The third-order valence-corrected chi connectivity index (χ3v) is 4.92. The number of carbonyl (C=O) groups is 3. The lowest BCUT2D eigenvalue weighted by molar-refractivity contribution is -0.154. The molecule has 0 bridgehead atoms. The number of amides is 1. The van der Waals surface area contributed by atoms with Crippen LogP contribution in [0.5, 0.6) is 0 Å². The Kier molecular flexibility index (Phi) is 7.72. The number of hydrogen-bond acceptors (Lipinski definition) is 5. The fourth-order valence-corrected chi connectivity index (χ4v) is 3.29. The van der Waals surface area contributed by atoms with Crippen LogP contribution in [0.25, 0.3) is 0 Å². The van der Waals surface area contributed by atoms with Crippen molar-refractivity contribution in [3.8, 4) is 0 Å². The van der Waals surface area contributed by atoms with Crippen LogP contribution >= 0.6 is 23.2 Å². The van der Waals surface area contributed by atoms with Gasteiger partial charge in [0.25, 0.3) is 5.91 Å². The maximum atomic E-state index is 12.2. The van der Waals surface area contributed by atoms with Crippen LogP contribution in [0.15, 0.2) is 18.2 Å². The van der Waals surface area contributed by atoms with E-state index in [1.54, 1.807) is 30.0 Å². The summed E-state index contributed by atoms with van der Waals surface area (Å²) >= 11 is 12.0. The average Bonchev–Trinajstić information content (AvgIpc) is 2.63. The van der Waals surface area contributed by atoms with Gasteiger partial charge in [0.2, 0.25) is 0 Å². The van der Waals surface area contributed by atoms with E-state index in [1.165, 1.54) is 0 Å². The maximum Gasteiger partial charge on any atom is 0.310 e. The van der Waals surface area contributed by atoms with E-state index in [2.05, 4.69) is 0 Å². The van der Waals surface area contributed by atoms with E-state index in [4.69, 9.17) is 32.7 Å². The van der Waals surface area contributed by atoms with Crippen molar-refractivity contribution in [1.82, 2.24) is 4.90 Å². The van der Waals surface area contributed by atoms with Crippen LogP contribution in [0.3, 0.4) is 0 Å². The normalized spacial score (nSPS) is 14.8. The fraction of sp³-hybridized carbons (Fsp3) is 0.500. The molecule has 0 aromatic heterocycles. The average molecular weight is 402 g/mol. The first kappa shape index (κ1) is 20.5. The molecule has 1 aliphatic rings. The van der Waals surface area contributed by atoms with Gasteiger partial charge >= 0.3 is 11.9 Å². The van der Waals surface area contributed by atoms with Crippen molar-refractivity contribution in [3.63, 3.8) is 0 Å². The van der Waals surface area contributed by atoms with Gasteiger partial charge in [0.1, 0.15) is 0 Å². The van der Waals surface area contributed by atoms with E-state index in [9.17, 15) is 14.4 Å². The smallest absolute Gasteiger partial charge is 0.310 e. The molecule has 26 heavy (non-hydrogen) atoms. The molecule has 1 heterocycles. The van der Waals surface area contributed by atoms with Gasteiger partial charge in [0.15, 0.2) is 6.61 Å². The third kappa shape index (κ3) is 5.61. The van der Waals surface area contributed by atoms with Crippen molar-refractivity contribution in [2.24, 2.45) is 5.92 Å². The van der Waals surface area contributed by atoms with Crippen LogP contribution in [0, 0.1) is 5.92 Å². The van der Waals surface area contributed by atoms with Gasteiger partial charge in [-0.2, -0.15) is 0 Å². The van der Waals surface area contributed by atoms with E-state index >= 15 is 0 Å². The van der Waals surface area contributed by atoms with Crippen molar-refractivity contribution < 1.29 is 23.9 Å². The Balaban J connectivity index is 1.77. The van der Waals surface area contributed by atoms with Crippen LogP contribution in [-0.2, 0) is 30.3 Å². The molecule has 1 aliphatic heterocycles. The Hall–Kier alpha value is -1.79. The van der Waals surface area contributed by atoms with E-state index in [-0.39, 0.29) is 30.8 Å². The first-order valence-corrected chi connectivity index (χ1v) is 9.20. The number of likely N-dealkylation sites (tertiary alicyclic amines) is 1. The Morgan fingerprint density at radius 3 is 2.31 bits per heavy atom. The molecule has 1 aromatic carbocycles. The SMILES string of the molecule is CCOC(=O)C1CCN(C(=O)COC(=O)Cc2c(Cl)cccc2Cl)CC1. The molecule has 1 fully saturated rings.